The van der Waals surface area contributed by atoms with Gasteiger partial charge in [-0.1, -0.05) is 28.1 Å². The number of carbonyl (C=O) groups is 1. The number of ether oxygens (including phenoxy) is 3. The molecule has 0 fully saturated rings. The maximum Gasteiger partial charge on any atom is 0.203 e. The lowest BCUT2D eigenvalue weighted by molar-refractivity contribution is 0.0959. The number of halogens is 1. The Bertz CT molecular complexity index is 824. The number of rotatable bonds is 6. The Morgan fingerprint density at radius 1 is 1.08 bits per heavy atom. The molecule has 0 saturated heterocycles. The number of benzene rings is 2. The van der Waals surface area contributed by atoms with Gasteiger partial charge in [-0.3, -0.25) is 9.79 Å². The zero-order chi connectivity index (χ0) is 18.7. The summed E-state index contributed by atoms with van der Waals surface area (Å²) in [6.07, 6.45) is 0. The minimum atomic E-state index is -0.434. The van der Waals surface area contributed by atoms with E-state index in [9.17, 15) is 4.79 Å². The summed E-state index contributed by atoms with van der Waals surface area (Å²) < 4.78 is 16.9. The lowest BCUT2D eigenvalue weighted by atomic mass is 10.0. The number of Topliss-reactive ketones (excluding diaryl/α,β-unsaturated/α-hetero) is 1. The summed E-state index contributed by atoms with van der Waals surface area (Å²) in [6, 6.07) is 10.6. The van der Waals surface area contributed by atoms with E-state index in [1.54, 1.807) is 12.1 Å². The van der Waals surface area contributed by atoms with Crippen molar-refractivity contribution in [2.75, 3.05) is 27.9 Å². The summed E-state index contributed by atoms with van der Waals surface area (Å²) in [5.74, 6) is 1.98. The fourth-order valence-electron chi connectivity index (χ4n) is 2.79. The lowest BCUT2D eigenvalue weighted by Crippen LogP contribution is -2.37. The largest absolute Gasteiger partial charge is 0.493 e. The average molecular weight is 419 g/mol. The molecule has 0 aliphatic carbocycles. The molecule has 6 nitrogen and oxygen atoms in total. The van der Waals surface area contributed by atoms with Crippen molar-refractivity contribution in [3.63, 3.8) is 0 Å². The summed E-state index contributed by atoms with van der Waals surface area (Å²) >= 11 is 3.41. The molecule has 2 aromatic rings. The zero-order valence-corrected chi connectivity index (χ0v) is 16.3. The number of hydrogen-bond acceptors (Lipinski definition) is 6. The Morgan fingerprint density at radius 3 is 2.23 bits per heavy atom. The minimum absolute atomic E-state index is 0.0832. The molecule has 136 valence electrons. The van der Waals surface area contributed by atoms with Crippen LogP contribution in [0, 0.1) is 0 Å². The van der Waals surface area contributed by atoms with Crippen molar-refractivity contribution in [2.24, 2.45) is 4.99 Å². The normalized spacial score (nSPS) is 15.8. The van der Waals surface area contributed by atoms with E-state index in [4.69, 9.17) is 14.2 Å². The first kappa shape index (κ1) is 18.3. The van der Waals surface area contributed by atoms with Crippen LogP contribution in [0.3, 0.4) is 0 Å². The van der Waals surface area contributed by atoms with Crippen LogP contribution in [0.15, 0.2) is 45.9 Å². The number of amidine groups is 1. The smallest absolute Gasteiger partial charge is 0.203 e. The van der Waals surface area contributed by atoms with E-state index in [0.717, 1.165) is 10.0 Å². The third-order valence-electron chi connectivity index (χ3n) is 4.13. The second-order valence-electron chi connectivity index (χ2n) is 5.67. The van der Waals surface area contributed by atoms with Crippen LogP contribution >= 0.6 is 15.9 Å². The Labute approximate surface area is 160 Å². The lowest BCUT2D eigenvalue weighted by Gasteiger charge is -2.16. The second-order valence-corrected chi connectivity index (χ2v) is 6.59. The molecule has 1 N–H and O–H groups in total. The number of nitrogens with one attached hydrogen (secondary N) is 1. The molecule has 1 unspecified atom stereocenters. The topological polar surface area (TPSA) is 69.2 Å². The molecule has 0 bridgehead atoms. The van der Waals surface area contributed by atoms with E-state index in [0.29, 0.717) is 35.2 Å². The molecular formula is C19H19BrN2O4. The third-order valence-corrected chi connectivity index (χ3v) is 4.65. The summed E-state index contributed by atoms with van der Waals surface area (Å²) in [5.41, 5.74) is 1.41. The summed E-state index contributed by atoms with van der Waals surface area (Å²) in [7, 11) is 4.57. The van der Waals surface area contributed by atoms with Gasteiger partial charge in [-0.15, -0.1) is 0 Å². The molecule has 1 aliphatic heterocycles. The van der Waals surface area contributed by atoms with Gasteiger partial charge in [-0.25, -0.2) is 0 Å². The fraction of sp³-hybridized carbons (Fsp3) is 0.263. The molecule has 1 aliphatic rings. The van der Waals surface area contributed by atoms with Crippen molar-refractivity contribution in [2.45, 2.75) is 6.04 Å². The summed E-state index contributed by atoms with van der Waals surface area (Å²) in [5, 5.41) is 3.20. The van der Waals surface area contributed by atoms with Crippen LogP contribution in [0.5, 0.6) is 17.2 Å². The Hall–Kier alpha value is -2.54. The molecule has 26 heavy (non-hydrogen) atoms. The Kier molecular flexibility index (Phi) is 5.46. The highest BCUT2D eigenvalue weighted by molar-refractivity contribution is 9.10. The number of hydrogen-bond donors (Lipinski definition) is 1. The van der Waals surface area contributed by atoms with Crippen molar-refractivity contribution in [1.29, 1.82) is 0 Å². The first-order chi connectivity index (χ1) is 12.6. The summed E-state index contributed by atoms with van der Waals surface area (Å²) in [4.78, 5) is 17.4. The minimum Gasteiger partial charge on any atom is -0.493 e. The first-order valence-corrected chi connectivity index (χ1v) is 8.77. The molecule has 0 spiro atoms. The van der Waals surface area contributed by atoms with Gasteiger partial charge in [0.05, 0.1) is 27.9 Å². The number of ketones is 1. The van der Waals surface area contributed by atoms with Crippen molar-refractivity contribution >= 4 is 27.5 Å². The molecule has 0 saturated carbocycles. The number of carbonyl (C=O) groups excluding carboxylic acids is 1. The molecule has 2 aromatic carbocycles. The maximum absolute atomic E-state index is 12.9. The number of methoxy groups -OCH3 is 3. The van der Waals surface area contributed by atoms with E-state index in [1.165, 1.54) is 21.3 Å². The number of nitrogens with zero attached hydrogens (tertiary/aromatic N) is 1. The van der Waals surface area contributed by atoms with Crippen LogP contribution in [0.1, 0.15) is 15.9 Å². The van der Waals surface area contributed by atoms with Gasteiger partial charge in [0.2, 0.25) is 5.75 Å². The summed E-state index contributed by atoms with van der Waals surface area (Å²) in [6.45, 7) is 0.376. The predicted molar refractivity (Wildman–Crippen MR) is 103 cm³/mol. The van der Waals surface area contributed by atoms with Crippen LogP contribution in [0.25, 0.3) is 0 Å². The molecule has 7 heteroatoms. The van der Waals surface area contributed by atoms with Gasteiger partial charge in [0.1, 0.15) is 11.9 Å². The van der Waals surface area contributed by atoms with Gasteiger partial charge >= 0.3 is 0 Å². The maximum atomic E-state index is 12.9. The quantitative estimate of drug-likeness (QED) is 0.729. The van der Waals surface area contributed by atoms with E-state index in [1.807, 2.05) is 24.3 Å². The molecule has 0 aromatic heterocycles. The van der Waals surface area contributed by atoms with E-state index in [-0.39, 0.29) is 5.78 Å². The van der Waals surface area contributed by atoms with Crippen LogP contribution in [-0.2, 0) is 0 Å². The van der Waals surface area contributed by atoms with Crippen molar-refractivity contribution in [3.8, 4) is 17.2 Å². The van der Waals surface area contributed by atoms with E-state index >= 15 is 0 Å². The predicted octanol–water partition coefficient (Wildman–Crippen LogP) is 3.08. The highest BCUT2D eigenvalue weighted by Gasteiger charge is 2.28. The van der Waals surface area contributed by atoms with E-state index in [2.05, 4.69) is 26.2 Å². The van der Waals surface area contributed by atoms with Gasteiger partial charge in [0.15, 0.2) is 17.3 Å². The van der Waals surface area contributed by atoms with Gasteiger partial charge in [-0.2, -0.15) is 0 Å². The average Bonchev–Trinajstić information content (AvgIpc) is 3.16. The van der Waals surface area contributed by atoms with Crippen LogP contribution in [-0.4, -0.2) is 45.5 Å². The molecule has 1 atom stereocenters. The molecule has 0 radical (unpaired) electrons. The van der Waals surface area contributed by atoms with E-state index < -0.39 is 6.04 Å². The van der Waals surface area contributed by atoms with Crippen LogP contribution < -0.4 is 19.5 Å². The fourth-order valence-corrected chi connectivity index (χ4v) is 3.06. The van der Waals surface area contributed by atoms with Gasteiger partial charge < -0.3 is 19.5 Å². The van der Waals surface area contributed by atoms with Crippen molar-refractivity contribution in [3.05, 3.63) is 52.0 Å². The highest BCUT2D eigenvalue weighted by Crippen LogP contribution is 2.38. The van der Waals surface area contributed by atoms with Crippen molar-refractivity contribution in [1.82, 2.24) is 5.32 Å². The van der Waals surface area contributed by atoms with Gasteiger partial charge in [0.25, 0.3) is 0 Å². The van der Waals surface area contributed by atoms with Crippen LogP contribution in [0.4, 0.5) is 0 Å². The number of aliphatic imine (C=N–C) groups is 1. The van der Waals surface area contributed by atoms with Crippen LogP contribution in [0.2, 0.25) is 0 Å². The second kappa shape index (κ2) is 7.78. The first-order valence-electron chi connectivity index (χ1n) is 7.98. The van der Waals surface area contributed by atoms with Crippen molar-refractivity contribution < 1.29 is 19.0 Å². The standard InChI is InChI=1S/C19H19BrN2O4/c1-24-15-8-12(9-16(25-2)18(15)26-3)17(23)14-10-21-19(22-14)11-4-6-13(20)7-5-11/h4-9,14H,10H2,1-3H3,(H,21,22). The molecule has 0 amide bonds. The third kappa shape index (κ3) is 3.53. The Balaban J connectivity index is 1.81. The SMILES string of the molecule is COc1cc(C(=O)C2CN=C(c3ccc(Br)cc3)N2)cc(OC)c1OC. The molecule has 3 rings (SSSR count). The molecular weight excluding hydrogens is 400 g/mol. The zero-order valence-electron chi connectivity index (χ0n) is 14.7. The van der Waals surface area contributed by atoms with Gasteiger partial charge in [-0.05, 0) is 24.3 Å². The monoisotopic (exact) mass is 418 g/mol. The highest BCUT2D eigenvalue weighted by atomic mass is 79.9. The molecule has 1 heterocycles. The Morgan fingerprint density at radius 2 is 1.69 bits per heavy atom. The van der Waals surface area contributed by atoms with Gasteiger partial charge in [0, 0.05) is 15.6 Å².